The summed E-state index contributed by atoms with van der Waals surface area (Å²) in [4.78, 5) is 28.5. The Morgan fingerprint density at radius 2 is 2.06 bits per heavy atom. The van der Waals surface area contributed by atoms with Crippen LogP contribution in [0, 0.1) is 0 Å². The van der Waals surface area contributed by atoms with Crippen LogP contribution >= 0.6 is 22.9 Å². The summed E-state index contributed by atoms with van der Waals surface area (Å²) in [5, 5.41) is 21.2. The molecule has 0 aliphatic heterocycles. The number of aliphatic carboxylic acids is 1. The molecule has 0 aliphatic carbocycles. The van der Waals surface area contributed by atoms with Crippen molar-refractivity contribution in [1.29, 1.82) is 0 Å². The molecule has 2 heterocycles. The van der Waals surface area contributed by atoms with Gasteiger partial charge in [0.15, 0.2) is 0 Å². The fourth-order valence-electron chi connectivity index (χ4n) is 3.21. The molecule has 0 aliphatic rings. The molecule has 1 aromatic carbocycles. The molecule has 0 saturated heterocycles. The molecular formula is C23H23ClN2O4S. The van der Waals surface area contributed by atoms with Gasteiger partial charge in [0.2, 0.25) is 0 Å². The van der Waals surface area contributed by atoms with Crippen molar-refractivity contribution in [3.05, 3.63) is 80.0 Å². The molecule has 162 valence electrons. The van der Waals surface area contributed by atoms with E-state index in [1.165, 1.54) is 23.5 Å². The first-order valence-corrected chi connectivity index (χ1v) is 11.2. The molecule has 2 N–H and O–H groups in total. The van der Waals surface area contributed by atoms with Crippen molar-refractivity contribution < 1.29 is 19.8 Å². The lowest BCUT2D eigenvalue weighted by Crippen LogP contribution is -2.10. The van der Waals surface area contributed by atoms with Crippen molar-refractivity contribution in [3.8, 4) is 0 Å². The predicted molar refractivity (Wildman–Crippen MR) is 122 cm³/mol. The normalized spacial score (nSPS) is 11.6. The molecule has 2 aromatic heterocycles. The third-order valence-electron chi connectivity index (χ3n) is 4.89. The van der Waals surface area contributed by atoms with Gasteiger partial charge >= 0.3 is 11.9 Å². The van der Waals surface area contributed by atoms with E-state index in [-0.39, 0.29) is 11.1 Å². The molecule has 0 amide bonds. The summed E-state index contributed by atoms with van der Waals surface area (Å²) >= 11 is 7.86. The highest BCUT2D eigenvalue weighted by Crippen LogP contribution is 2.23. The Labute approximate surface area is 189 Å². The number of carbonyl (C=O) groups is 2. The molecule has 0 saturated carbocycles. The standard InChI is InChI=1S/C23H23ClN2O4S/c1-2-3-6-21-25-13-18(10-17(23(29)30)11-19-5-4-9-31-19)26(21)14-16-8-7-15(22(27)28)12-20(16)24/h4-5,7-10,12-13H,2-3,6,11,14H2,1H3,(H,27,28)(H,29,30)/b17-10-. The zero-order valence-corrected chi connectivity index (χ0v) is 18.6. The minimum Gasteiger partial charge on any atom is -0.478 e. The van der Waals surface area contributed by atoms with E-state index in [0.717, 1.165) is 35.5 Å². The number of carboxylic acid groups (broad SMARTS) is 2. The third kappa shape index (κ3) is 5.83. The van der Waals surface area contributed by atoms with Gasteiger partial charge in [-0.25, -0.2) is 14.6 Å². The number of aromatic carboxylic acids is 1. The van der Waals surface area contributed by atoms with Crippen molar-refractivity contribution in [2.75, 3.05) is 0 Å². The van der Waals surface area contributed by atoms with E-state index in [4.69, 9.17) is 16.7 Å². The third-order valence-corrected chi connectivity index (χ3v) is 6.12. The van der Waals surface area contributed by atoms with E-state index in [1.807, 2.05) is 22.1 Å². The molecule has 0 fully saturated rings. The Morgan fingerprint density at radius 1 is 1.26 bits per heavy atom. The summed E-state index contributed by atoms with van der Waals surface area (Å²) in [6.45, 7) is 2.47. The largest absolute Gasteiger partial charge is 0.478 e. The number of benzene rings is 1. The lowest BCUT2D eigenvalue weighted by atomic mass is 10.1. The van der Waals surface area contributed by atoms with Crippen LogP contribution in [0.2, 0.25) is 5.02 Å². The molecule has 31 heavy (non-hydrogen) atoms. The predicted octanol–water partition coefficient (Wildman–Crippen LogP) is 5.40. The monoisotopic (exact) mass is 458 g/mol. The SMILES string of the molecule is CCCCc1ncc(/C=C(/Cc2cccs2)C(=O)O)n1Cc1ccc(C(=O)O)cc1Cl. The highest BCUT2D eigenvalue weighted by Gasteiger charge is 2.15. The van der Waals surface area contributed by atoms with Crippen LogP contribution < -0.4 is 0 Å². The topological polar surface area (TPSA) is 92.4 Å². The maximum absolute atomic E-state index is 11.9. The van der Waals surface area contributed by atoms with E-state index in [9.17, 15) is 14.7 Å². The molecule has 3 rings (SSSR count). The first-order valence-electron chi connectivity index (χ1n) is 9.91. The lowest BCUT2D eigenvalue weighted by Gasteiger charge is -2.13. The Balaban J connectivity index is 1.98. The molecule has 0 unspecified atom stereocenters. The first-order chi connectivity index (χ1) is 14.9. The minimum absolute atomic E-state index is 0.120. The highest BCUT2D eigenvalue weighted by molar-refractivity contribution is 7.09. The summed E-state index contributed by atoms with van der Waals surface area (Å²) in [6, 6.07) is 8.44. The number of aryl methyl sites for hydroxylation is 1. The minimum atomic E-state index is -1.04. The number of carboxylic acids is 2. The van der Waals surface area contributed by atoms with Gasteiger partial charge in [-0.15, -0.1) is 11.3 Å². The second-order valence-electron chi connectivity index (χ2n) is 7.13. The van der Waals surface area contributed by atoms with Crippen molar-refractivity contribution in [1.82, 2.24) is 9.55 Å². The molecule has 8 heteroatoms. The number of thiophene rings is 1. The smallest absolute Gasteiger partial charge is 0.335 e. The fraction of sp³-hybridized carbons (Fsp3) is 0.261. The number of halogens is 1. The highest BCUT2D eigenvalue weighted by atomic mass is 35.5. The van der Waals surface area contributed by atoms with E-state index in [2.05, 4.69) is 11.9 Å². The van der Waals surface area contributed by atoms with Gasteiger partial charge in [0, 0.05) is 28.3 Å². The summed E-state index contributed by atoms with van der Waals surface area (Å²) in [7, 11) is 0. The van der Waals surface area contributed by atoms with Gasteiger partial charge in [-0.1, -0.05) is 37.1 Å². The van der Waals surface area contributed by atoms with Crippen molar-refractivity contribution in [2.24, 2.45) is 0 Å². The van der Waals surface area contributed by atoms with Gasteiger partial charge in [0.05, 0.1) is 24.0 Å². The van der Waals surface area contributed by atoms with Crippen LogP contribution in [0.3, 0.4) is 0 Å². The van der Waals surface area contributed by atoms with E-state index < -0.39 is 11.9 Å². The summed E-state index contributed by atoms with van der Waals surface area (Å²) in [5.41, 5.74) is 1.82. The van der Waals surface area contributed by atoms with Crippen LogP contribution in [-0.4, -0.2) is 31.7 Å². The van der Waals surface area contributed by atoms with Crippen LogP contribution in [0.25, 0.3) is 6.08 Å². The average molecular weight is 459 g/mol. The van der Waals surface area contributed by atoms with Crippen LogP contribution in [0.1, 0.15) is 52.1 Å². The number of unbranched alkanes of at least 4 members (excludes halogenated alkanes) is 1. The maximum atomic E-state index is 11.9. The van der Waals surface area contributed by atoms with Crippen LogP contribution in [0.4, 0.5) is 0 Å². The van der Waals surface area contributed by atoms with Crippen LogP contribution in [-0.2, 0) is 24.2 Å². The van der Waals surface area contributed by atoms with Crippen LogP contribution in [0.15, 0.2) is 47.5 Å². The van der Waals surface area contributed by atoms with E-state index in [0.29, 0.717) is 23.7 Å². The van der Waals surface area contributed by atoms with Crippen molar-refractivity contribution >= 4 is 41.0 Å². The van der Waals surface area contributed by atoms with Crippen molar-refractivity contribution in [3.63, 3.8) is 0 Å². The zero-order valence-electron chi connectivity index (χ0n) is 17.0. The second-order valence-corrected chi connectivity index (χ2v) is 8.57. The van der Waals surface area contributed by atoms with E-state index in [1.54, 1.807) is 18.3 Å². The number of hydrogen-bond donors (Lipinski definition) is 2. The summed E-state index contributed by atoms with van der Waals surface area (Å²) < 4.78 is 1.95. The number of nitrogens with zero attached hydrogens (tertiary/aromatic N) is 2. The van der Waals surface area contributed by atoms with E-state index >= 15 is 0 Å². The van der Waals surface area contributed by atoms with Gasteiger partial charge in [0.25, 0.3) is 0 Å². The number of rotatable bonds is 10. The maximum Gasteiger partial charge on any atom is 0.335 e. The molecule has 0 bridgehead atoms. The fourth-order valence-corrected chi connectivity index (χ4v) is 4.18. The Hall–Kier alpha value is -2.90. The number of imidazole rings is 1. The van der Waals surface area contributed by atoms with Gasteiger partial charge < -0.3 is 14.8 Å². The summed E-state index contributed by atoms with van der Waals surface area (Å²) in [6.07, 6.45) is 6.38. The van der Waals surface area contributed by atoms with Crippen molar-refractivity contribution in [2.45, 2.75) is 39.2 Å². The van der Waals surface area contributed by atoms with Gasteiger partial charge in [-0.3, -0.25) is 0 Å². The Morgan fingerprint density at radius 3 is 2.68 bits per heavy atom. The van der Waals surface area contributed by atoms with Gasteiger partial charge in [-0.05, 0) is 41.6 Å². The Bertz CT molecular complexity index is 1100. The molecule has 3 aromatic rings. The molecule has 0 atom stereocenters. The summed E-state index contributed by atoms with van der Waals surface area (Å²) in [5.74, 6) is -1.17. The quantitative estimate of drug-likeness (QED) is 0.397. The lowest BCUT2D eigenvalue weighted by molar-refractivity contribution is -0.132. The van der Waals surface area contributed by atoms with Gasteiger partial charge in [0.1, 0.15) is 5.82 Å². The molecule has 6 nitrogen and oxygen atoms in total. The second kappa shape index (κ2) is 10.4. The molecule has 0 radical (unpaired) electrons. The first kappa shape index (κ1) is 22.8. The number of aromatic nitrogens is 2. The Kier molecular flexibility index (Phi) is 7.65. The number of hydrogen-bond acceptors (Lipinski definition) is 4. The average Bonchev–Trinajstić information content (AvgIpc) is 3.37. The molecule has 0 spiro atoms. The zero-order chi connectivity index (χ0) is 22.4. The molecular weight excluding hydrogens is 436 g/mol. The van der Waals surface area contributed by atoms with Gasteiger partial charge in [-0.2, -0.15) is 0 Å². The van der Waals surface area contributed by atoms with Crippen LogP contribution in [0.5, 0.6) is 0 Å².